The van der Waals surface area contributed by atoms with Crippen LogP contribution in [-0.2, 0) is 14.3 Å². The molecule has 0 spiro atoms. The number of carbonyl (C=O) groups excluding carboxylic acids is 1. The molecule has 0 aromatic heterocycles. The third-order valence-corrected chi connectivity index (χ3v) is 3.27. The second-order valence-corrected chi connectivity index (χ2v) is 4.49. The van der Waals surface area contributed by atoms with E-state index in [0.29, 0.717) is 19.8 Å². The minimum Gasteiger partial charge on any atom is -0.462 e. The predicted molar refractivity (Wildman–Crippen MR) is 50.7 cm³/mol. The lowest BCUT2D eigenvalue weighted by molar-refractivity contribution is -0.142. The van der Waals surface area contributed by atoms with Gasteiger partial charge in [0.1, 0.15) is 6.61 Å². The molecule has 3 nitrogen and oxygen atoms in total. The van der Waals surface area contributed by atoms with E-state index in [1.165, 1.54) is 5.57 Å². The maximum Gasteiger partial charge on any atom is 0.333 e. The van der Waals surface area contributed by atoms with E-state index in [1.807, 2.05) is 6.92 Å². The highest BCUT2D eigenvalue weighted by Crippen LogP contribution is 2.32. The Morgan fingerprint density at radius 2 is 2.15 bits per heavy atom. The molecule has 1 fully saturated rings. The molecule has 0 saturated carbocycles. The van der Waals surface area contributed by atoms with Crippen LogP contribution in [0.1, 0.15) is 6.92 Å². The first-order chi connectivity index (χ1) is 6.20. The predicted octanol–water partition coefficient (Wildman–Crippen LogP) is 1.27. The largest absolute Gasteiger partial charge is 0.462 e. The van der Waals surface area contributed by atoms with Gasteiger partial charge in [-0.05, 0) is 12.5 Å². The average Bonchev–Trinajstić information content (AvgIpc) is 2.12. The van der Waals surface area contributed by atoms with Crippen molar-refractivity contribution in [3.05, 3.63) is 11.1 Å². The van der Waals surface area contributed by atoms with E-state index in [-0.39, 0.29) is 16.7 Å². The molecule has 0 amide bonds. The van der Waals surface area contributed by atoms with Crippen molar-refractivity contribution in [2.75, 3.05) is 19.8 Å². The average molecular weight is 247 g/mol. The van der Waals surface area contributed by atoms with Gasteiger partial charge in [0, 0.05) is 11.5 Å². The first-order valence-corrected chi connectivity index (χ1v) is 5.21. The SMILES string of the molecule is CC1=C2C(Br)COCC2COC1=O. The number of cyclic esters (lactones) is 1. The molecule has 2 atom stereocenters. The number of esters is 1. The van der Waals surface area contributed by atoms with Gasteiger partial charge in [-0.25, -0.2) is 4.79 Å². The first-order valence-electron chi connectivity index (χ1n) is 4.29. The summed E-state index contributed by atoms with van der Waals surface area (Å²) >= 11 is 3.51. The fourth-order valence-corrected chi connectivity index (χ4v) is 2.73. The number of carbonyl (C=O) groups is 1. The summed E-state index contributed by atoms with van der Waals surface area (Å²) in [7, 11) is 0. The fraction of sp³-hybridized carbons (Fsp3) is 0.667. The van der Waals surface area contributed by atoms with Gasteiger partial charge in [-0.1, -0.05) is 15.9 Å². The van der Waals surface area contributed by atoms with Crippen molar-refractivity contribution in [3.63, 3.8) is 0 Å². The van der Waals surface area contributed by atoms with E-state index in [2.05, 4.69) is 15.9 Å². The van der Waals surface area contributed by atoms with E-state index in [0.717, 1.165) is 5.57 Å². The third-order valence-electron chi connectivity index (χ3n) is 2.52. The molecule has 13 heavy (non-hydrogen) atoms. The summed E-state index contributed by atoms with van der Waals surface area (Å²) in [6.45, 7) is 3.61. The second-order valence-electron chi connectivity index (χ2n) is 3.38. The molecule has 1 saturated heterocycles. The quantitative estimate of drug-likeness (QED) is 0.477. The van der Waals surface area contributed by atoms with Crippen LogP contribution in [0.3, 0.4) is 0 Å². The standard InChI is InChI=1S/C9H11BrO3/c1-5-8-6(3-13-9(5)11)2-12-4-7(8)10/h6-7H,2-4H2,1H3. The lowest BCUT2D eigenvalue weighted by Crippen LogP contribution is -2.37. The Labute approximate surface area is 85.2 Å². The number of hydrogen-bond donors (Lipinski definition) is 0. The highest BCUT2D eigenvalue weighted by Gasteiger charge is 2.34. The summed E-state index contributed by atoms with van der Waals surface area (Å²) in [6.07, 6.45) is 0. The van der Waals surface area contributed by atoms with Gasteiger partial charge in [0.05, 0.1) is 18.0 Å². The molecule has 2 heterocycles. The van der Waals surface area contributed by atoms with Crippen LogP contribution in [0.15, 0.2) is 11.1 Å². The number of hydrogen-bond acceptors (Lipinski definition) is 3. The Bertz CT molecular complexity index is 272. The maximum absolute atomic E-state index is 11.3. The highest BCUT2D eigenvalue weighted by atomic mass is 79.9. The van der Waals surface area contributed by atoms with Crippen molar-refractivity contribution in [2.45, 2.75) is 11.8 Å². The summed E-state index contributed by atoms with van der Waals surface area (Å²) < 4.78 is 10.4. The molecule has 0 aliphatic carbocycles. The lowest BCUT2D eigenvalue weighted by atomic mass is 9.90. The van der Waals surface area contributed by atoms with Crippen molar-refractivity contribution in [1.82, 2.24) is 0 Å². The van der Waals surface area contributed by atoms with Crippen molar-refractivity contribution in [2.24, 2.45) is 5.92 Å². The van der Waals surface area contributed by atoms with Crippen molar-refractivity contribution >= 4 is 21.9 Å². The molecule has 0 N–H and O–H groups in total. The van der Waals surface area contributed by atoms with Crippen molar-refractivity contribution in [1.29, 1.82) is 0 Å². The molecule has 0 aromatic rings. The van der Waals surface area contributed by atoms with Crippen LogP contribution in [0.4, 0.5) is 0 Å². The van der Waals surface area contributed by atoms with E-state index in [9.17, 15) is 4.79 Å². The molecule has 4 heteroatoms. The second kappa shape index (κ2) is 3.42. The minimum atomic E-state index is -0.183. The van der Waals surface area contributed by atoms with Gasteiger partial charge >= 0.3 is 5.97 Å². The zero-order valence-electron chi connectivity index (χ0n) is 7.38. The molecule has 2 unspecified atom stereocenters. The molecular formula is C9H11BrO3. The Morgan fingerprint density at radius 3 is 2.92 bits per heavy atom. The summed E-state index contributed by atoms with van der Waals surface area (Å²) in [5.41, 5.74) is 1.92. The Morgan fingerprint density at radius 1 is 1.38 bits per heavy atom. The van der Waals surface area contributed by atoms with E-state index >= 15 is 0 Å². The molecular weight excluding hydrogens is 236 g/mol. The van der Waals surface area contributed by atoms with Gasteiger partial charge in [0.15, 0.2) is 0 Å². The first kappa shape index (κ1) is 9.21. The van der Waals surface area contributed by atoms with Crippen molar-refractivity contribution in [3.8, 4) is 0 Å². The zero-order valence-corrected chi connectivity index (χ0v) is 8.96. The summed E-state index contributed by atoms with van der Waals surface area (Å²) in [6, 6.07) is 0. The maximum atomic E-state index is 11.3. The molecule has 2 aliphatic heterocycles. The van der Waals surface area contributed by atoms with Gasteiger partial charge in [0.25, 0.3) is 0 Å². The van der Waals surface area contributed by atoms with Crippen molar-refractivity contribution < 1.29 is 14.3 Å². The van der Waals surface area contributed by atoms with E-state index < -0.39 is 0 Å². The Kier molecular flexibility index (Phi) is 2.43. The molecule has 0 aromatic carbocycles. The number of halogens is 1. The summed E-state index contributed by atoms with van der Waals surface area (Å²) in [5.74, 6) is 0.0772. The lowest BCUT2D eigenvalue weighted by Gasteiger charge is -2.33. The fourth-order valence-electron chi connectivity index (χ4n) is 1.83. The van der Waals surface area contributed by atoms with Crippen LogP contribution in [-0.4, -0.2) is 30.6 Å². The monoisotopic (exact) mass is 246 g/mol. The molecule has 72 valence electrons. The van der Waals surface area contributed by atoms with E-state index in [4.69, 9.17) is 9.47 Å². The van der Waals surface area contributed by atoms with E-state index in [1.54, 1.807) is 0 Å². The normalized spacial score (nSPS) is 34.2. The van der Waals surface area contributed by atoms with Crippen LogP contribution in [0.2, 0.25) is 0 Å². The molecule has 0 bridgehead atoms. The number of rotatable bonds is 0. The molecule has 2 rings (SSSR count). The Hall–Kier alpha value is -0.350. The molecule has 0 radical (unpaired) electrons. The van der Waals surface area contributed by atoms with Crippen LogP contribution in [0, 0.1) is 5.92 Å². The van der Waals surface area contributed by atoms with Crippen LogP contribution >= 0.6 is 15.9 Å². The van der Waals surface area contributed by atoms with Gasteiger partial charge in [-0.2, -0.15) is 0 Å². The zero-order chi connectivity index (χ0) is 9.42. The Balaban J connectivity index is 2.35. The van der Waals surface area contributed by atoms with Crippen LogP contribution < -0.4 is 0 Å². The number of fused-ring (bicyclic) bond motifs is 1. The van der Waals surface area contributed by atoms with Crippen LogP contribution in [0.25, 0.3) is 0 Å². The van der Waals surface area contributed by atoms with Gasteiger partial charge in [0.2, 0.25) is 0 Å². The summed E-state index contributed by atoms with van der Waals surface area (Å²) in [4.78, 5) is 11.4. The van der Waals surface area contributed by atoms with Gasteiger partial charge in [-0.15, -0.1) is 0 Å². The minimum absolute atomic E-state index is 0.180. The number of ether oxygens (including phenoxy) is 2. The highest BCUT2D eigenvalue weighted by molar-refractivity contribution is 9.09. The van der Waals surface area contributed by atoms with Gasteiger partial charge in [-0.3, -0.25) is 0 Å². The smallest absolute Gasteiger partial charge is 0.333 e. The van der Waals surface area contributed by atoms with Crippen LogP contribution in [0.5, 0.6) is 0 Å². The number of alkyl halides is 1. The molecule has 2 aliphatic rings. The van der Waals surface area contributed by atoms with Gasteiger partial charge < -0.3 is 9.47 Å². The summed E-state index contributed by atoms with van der Waals surface area (Å²) in [5, 5.41) is 0. The topological polar surface area (TPSA) is 35.5 Å². The third kappa shape index (κ3) is 1.53.